The SMILES string of the molecule is CCN(CC)c1cccc(/C=C(\C#N)C(=O)OC(C)C)c1. The number of benzene rings is 1. The van der Waals surface area contributed by atoms with Gasteiger partial charge in [-0.2, -0.15) is 5.26 Å². The Bertz CT molecular complexity index is 552. The Morgan fingerprint density at radius 3 is 2.57 bits per heavy atom. The van der Waals surface area contributed by atoms with Crippen LogP contribution in [0.25, 0.3) is 6.08 Å². The fraction of sp³-hybridized carbons (Fsp3) is 0.412. The number of carbonyl (C=O) groups excluding carboxylic acids is 1. The van der Waals surface area contributed by atoms with Crippen LogP contribution in [-0.4, -0.2) is 25.2 Å². The average Bonchev–Trinajstić information content (AvgIpc) is 2.45. The van der Waals surface area contributed by atoms with Crippen molar-refractivity contribution in [2.75, 3.05) is 18.0 Å². The summed E-state index contributed by atoms with van der Waals surface area (Å²) < 4.78 is 5.06. The fourth-order valence-electron chi connectivity index (χ4n) is 1.98. The summed E-state index contributed by atoms with van der Waals surface area (Å²) in [7, 11) is 0. The zero-order valence-electron chi connectivity index (χ0n) is 13.1. The highest BCUT2D eigenvalue weighted by Gasteiger charge is 2.12. The largest absolute Gasteiger partial charge is 0.459 e. The van der Waals surface area contributed by atoms with Crippen LogP contribution in [-0.2, 0) is 9.53 Å². The summed E-state index contributed by atoms with van der Waals surface area (Å²) >= 11 is 0. The first-order valence-electron chi connectivity index (χ1n) is 7.19. The van der Waals surface area contributed by atoms with E-state index in [4.69, 9.17) is 10.00 Å². The Morgan fingerprint density at radius 1 is 1.38 bits per heavy atom. The molecule has 0 unspecified atom stereocenters. The third-order valence-electron chi connectivity index (χ3n) is 2.99. The van der Waals surface area contributed by atoms with Gasteiger partial charge in [0.1, 0.15) is 11.6 Å². The van der Waals surface area contributed by atoms with E-state index < -0.39 is 5.97 Å². The topological polar surface area (TPSA) is 53.3 Å². The molecule has 0 aliphatic carbocycles. The van der Waals surface area contributed by atoms with Crippen LogP contribution in [0.3, 0.4) is 0 Å². The Kier molecular flexibility index (Phi) is 6.48. The average molecular weight is 286 g/mol. The first-order valence-corrected chi connectivity index (χ1v) is 7.19. The number of carbonyl (C=O) groups is 1. The Balaban J connectivity index is 3.04. The van der Waals surface area contributed by atoms with E-state index >= 15 is 0 Å². The predicted octanol–water partition coefficient (Wildman–Crippen LogP) is 3.39. The second kappa shape index (κ2) is 8.11. The van der Waals surface area contributed by atoms with Crippen molar-refractivity contribution in [3.8, 4) is 6.07 Å². The van der Waals surface area contributed by atoms with Crippen molar-refractivity contribution >= 4 is 17.7 Å². The van der Waals surface area contributed by atoms with Crippen molar-refractivity contribution in [3.63, 3.8) is 0 Å². The first-order chi connectivity index (χ1) is 10.0. The van der Waals surface area contributed by atoms with Gasteiger partial charge in [-0.25, -0.2) is 4.79 Å². The lowest BCUT2D eigenvalue weighted by molar-refractivity contribution is -0.142. The molecule has 1 rings (SSSR count). The van der Waals surface area contributed by atoms with Gasteiger partial charge in [-0.3, -0.25) is 0 Å². The molecular formula is C17H22N2O2. The predicted molar refractivity (Wildman–Crippen MR) is 84.8 cm³/mol. The Labute approximate surface area is 126 Å². The van der Waals surface area contributed by atoms with Gasteiger partial charge in [-0.05, 0) is 51.5 Å². The molecule has 1 aromatic rings. The van der Waals surface area contributed by atoms with Crippen LogP contribution >= 0.6 is 0 Å². The molecule has 0 saturated carbocycles. The zero-order valence-corrected chi connectivity index (χ0v) is 13.1. The number of nitriles is 1. The molecule has 0 radical (unpaired) electrons. The molecule has 0 heterocycles. The lowest BCUT2D eigenvalue weighted by atomic mass is 10.1. The van der Waals surface area contributed by atoms with Crippen molar-refractivity contribution in [2.24, 2.45) is 0 Å². The molecule has 0 aliphatic rings. The molecule has 4 heteroatoms. The maximum atomic E-state index is 11.8. The van der Waals surface area contributed by atoms with E-state index in [1.807, 2.05) is 30.3 Å². The smallest absolute Gasteiger partial charge is 0.349 e. The molecule has 0 saturated heterocycles. The molecule has 0 N–H and O–H groups in total. The summed E-state index contributed by atoms with van der Waals surface area (Å²) in [6.45, 7) is 9.51. The third kappa shape index (κ3) is 4.96. The summed E-state index contributed by atoms with van der Waals surface area (Å²) in [4.78, 5) is 14.0. The van der Waals surface area contributed by atoms with Crippen LogP contribution in [0, 0.1) is 11.3 Å². The fourth-order valence-corrected chi connectivity index (χ4v) is 1.98. The molecule has 0 amide bonds. The molecule has 0 spiro atoms. The standard InChI is InChI=1S/C17H22N2O2/c1-5-19(6-2)16-9-7-8-14(11-16)10-15(12-18)17(20)21-13(3)4/h7-11,13H,5-6H2,1-4H3/b15-10+. The minimum atomic E-state index is -0.583. The van der Waals surface area contributed by atoms with Gasteiger partial charge in [0, 0.05) is 18.8 Å². The summed E-state index contributed by atoms with van der Waals surface area (Å²) in [5.74, 6) is -0.583. The van der Waals surface area contributed by atoms with E-state index in [0.29, 0.717) is 0 Å². The molecule has 4 nitrogen and oxygen atoms in total. The molecule has 112 valence electrons. The quantitative estimate of drug-likeness (QED) is 0.457. The Hall–Kier alpha value is -2.28. The van der Waals surface area contributed by atoms with E-state index in [1.165, 1.54) is 0 Å². The lowest BCUT2D eigenvalue weighted by Crippen LogP contribution is -2.21. The van der Waals surface area contributed by atoms with E-state index in [9.17, 15) is 4.79 Å². The van der Waals surface area contributed by atoms with Crippen LogP contribution in [0.2, 0.25) is 0 Å². The van der Waals surface area contributed by atoms with Crippen molar-refractivity contribution in [1.29, 1.82) is 5.26 Å². The lowest BCUT2D eigenvalue weighted by Gasteiger charge is -2.21. The summed E-state index contributed by atoms with van der Waals surface area (Å²) in [5.41, 5.74) is 1.90. The summed E-state index contributed by atoms with van der Waals surface area (Å²) in [5, 5.41) is 9.11. The molecule has 0 aliphatic heterocycles. The number of ether oxygens (including phenoxy) is 1. The van der Waals surface area contributed by atoms with E-state index in [2.05, 4.69) is 18.7 Å². The highest BCUT2D eigenvalue weighted by molar-refractivity contribution is 5.98. The van der Waals surface area contributed by atoms with Crippen molar-refractivity contribution in [1.82, 2.24) is 0 Å². The molecular weight excluding hydrogens is 264 g/mol. The van der Waals surface area contributed by atoms with Crippen LogP contribution in [0.4, 0.5) is 5.69 Å². The van der Waals surface area contributed by atoms with E-state index in [-0.39, 0.29) is 11.7 Å². The Morgan fingerprint density at radius 2 is 2.05 bits per heavy atom. The molecule has 0 aromatic heterocycles. The molecule has 0 bridgehead atoms. The van der Waals surface area contributed by atoms with Gasteiger partial charge in [0.25, 0.3) is 0 Å². The number of hydrogen-bond donors (Lipinski definition) is 0. The number of esters is 1. The van der Waals surface area contributed by atoms with E-state index in [0.717, 1.165) is 24.3 Å². The van der Waals surface area contributed by atoms with E-state index in [1.54, 1.807) is 19.9 Å². The highest BCUT2D eigenvalue weighted by Crippen LogP contribution is 2.18. The molecule has 1 aromatic carbocycles. The molecule has 0 fully saturated rings. The van der Waals surface area contributed by atoms with Crippen molar-refractivity contribution in [3.05, 3.63) is 35.4 Å². The van der Waals surface area contributed by atoms with Gasteiger partial charge in [0.2, 0.25) is 0 Å². The van der Waals surface area contributed by atoms with Gasteiger partial charge in [0.15, 0.2) is 0 Å². The number of anilines is 1. The molecule has 0 atom stereocenters. The summed E-state index contributed by atoms with van der Waals surface area (Å²) in [6.07, 6.45) is 1.33. The van der Waals surface area contributed by atoms with Crippen molar-refractivity contribution < 1.29 is 9.53 Å². The van der Waals surface area contributed by atoms with Crippen LogP contribution in [0.15, 0.2) is 29.8 Å². The van der Waals surface area contributed by atoms with Crippen molar-refractivity contribution in [2.45, 2.75) is 33.8 Å². The third-order valence-corrected chi connectivity index (χ3v) is 2.99. The van der Waals surface area contributed by atoms with Crippen LogP contribution in [0.5, 0.6) is 0 Å². The summed E-state index contributed by atoms with van der Waals surface area (Å²) in [6, 6.07) is 9.67. The van der Waals surface area contributed by atoms with Crippen LogP contribution in [0.1, 0.15) is 33.3 Å². The maximum absolute atomic E-state index is 11.8. The number of hydrogen-bond acceptors (Lipinski definition) is 4. The number of rotatable bonds is 6. The molecule has 21 heavy (non-hydrogen) atoms. The van der Waals surface area contributed by atoms with Gasteiger partial charge < -0.3 is 9.64 Å². The van der Waals surface area contributed by atoms with Gasteiger partial charge in [-0.1, -0.05) is 12.1 Å². The second-order valence-corrected chi connectivity index (χ2v) is 4.89. The first kappa shape index (κ1) is 16.8. The maximum Gasteiger partial charge on any atom is 0.349 e. The normalized spacial score (nSPS) is 11.1. The van der Waals surface area contributed by atoms with Gasteiger partial charge in [-0.15, -0.1) is 0 Å². The minimum absolute atomic E-state index is 0.0143. The zero-order chi connectivity index (χ0) is 15.8. The minimum Gasteiger partial charge on any atom is -0.459 e. The number of nitrogens with zero attached hydrogens (tertiary/aromatic N) is 2. The van der Waals surface area contributed by atoms with Gasteiger partial charge >= 0.3 is 5.97 Å². The highest BCUT2D eigenvalue weighted by atomic mass is 16.5. The second-order valence-electron chi connectivity index (χ2n) is 4.89. The van der Waals surface area contributed by atoms with Crippen LogP contribution < -0.4 is 4.90 Å². The van der Waals surface area contributed by atoms with Gasteiger partial charge in [0.05, 0.1) is 6.10 Å². The monoisotopic (exact) mass is 286 g/mol.